The molecule has 0 aromatic carbocycles. The van der Waals surface area contributed by atoms with Crippen molar-refractivity contribution in [1.29, 1.82) is 0 Å². The number of ether oxygens (including phenoxy) is 1. The van der Waals surface area contributed by atoms with E-state index in [4.69, 9.17) is 9.84 Å². The van der Waals surface area contributed by atoms with Crippen molar-refractivity contribution in [2.75, 3.05) is 26.2 Å². The van der Waals surface area contributed by atoms with Gasteiger partial charge in [-0.15, -0.1) is 0 Å². The Labute approximate surface area is 111 Å². The molecule has 19 heavy (non-hydrogen) atoms. The average Bonchev–Trinajstić information content (AvgIpc) is 2.34. The molecular weight excluding hydrogens is 252 g/mol. The third-order valence-corrected chi connectivity index (χ3v) is 3.91. The van der Waals surface area contributed by atoms with E-state index in [-0.39, 0.29) is 0 Å². The summed E-state index contributed by atoms with van der Waals surface area (Å²) in [6.45, 7) is 4.82. The summed E-state index contributed by atoms with van der Waals surface area (Å²) in [5.74, 6) is -2.25. The Bertz CT molecular complexity index is 388. The van der Waals surface area contributed by atoms with Crippen LogP contribution in [-0.2, 0) is 9.53 Å². The number of amides is 2. The Hall–Kier alpha value is -1.34. The lowest BCUT2D eigenvalue weighted by Crippen LogP contribution is -2.66. The van der Waals surface area contributed by atoms with E-state index in [2.05, 4.69) is 0 Å². The summed E-state index contributed by atoms with van der Waals surface area (Å²) in [5, 5.41) is 19.0. The van der Waals surface area contributed by atoms with Crippen LogP contribution in [0.2, 0.25) is 0 Å². The van der Waals surface area contributed by atoms with Gasteiger partial charge in [-0.3, -0.25) is 4.79 Å². The highest BCUT2D eigenvalue weighted by molar-refractivity contribution is 5.84. The largest absolute Gasteiger partial charge is 0.465 e. The van der Waals surface area contributed by atoms with Crippen LogP contribution >= 0.6 is 0 Å². The first-order chi connectivity index (χ1) is 8.80. The van der Waals surface area contributed by atoms with Crippen LogP contribution < -0.4 is 0 Å². The third kappa shape index (κ3) is 2.52. The van der Waals surface area contributed by atoms with Gasteiger partial charge in [0.15, 0.2) is 0 Å². The quantitative estimate of drug-likeness (QED) is 0.706. The van der Waals surface area contributed by atoms with E-state index in [9.17, 15) is 14.7 Å². The van der Waals surface area contributed by atoms with Gasteiger partial charge in [0, 0.05) is 19.6 Å². The van der Waals surface area contributed by atoms with E-state index in [1.165, 1.54) is 11.8 Å². The summed E-state index contributed by atoms with van der Waals surface area (Å²) < 4.78 is 5.62. The Morgan fingerprint density at radius 1 is 1.42 bits per heavy atom. The molecule has 7 nitrogen and oxygen atoms in total. The van der Waals surface area contributed by atoms with Crippen molar-refractivity contribution < 1.29 is 24.5 Å². The monoisotopic (exact) mass is 272 g/mol. The summed E-state index contributed by atoms with van der Waals surface area (Å²) in [7, 11) is 0. The smallest absolute Gasteiger partial charge is 0.407 e. The zero-order valence-corrected chi connectivity index (χ0v) is 11.3. The molecule has 0 radical (unpaired) electrons. The van der Waals surface area contributed by atoms with Gasteiger partial charge in [-0.2, -0.15) is 0 Å². The first-order valence-corrected chi connectivity index (χ1v) is 6.49. The lowest BCUT2D eigenvalue weighted by molar-refractivity contribution is -0.284. The van der Waals surface area contributed by atoms with Crippen LogP contribution in [0.15, 0.2) is 0 Å². The fraction of sp³-hybridized carbons (Fsp3) is 0.833. The van der Waals surface area contributed by atoms with Crippen molar-refractivity contribution in [3.63, 3.8) is 0 Å². The first-order valence-electron chi connectivity index (χ1n) is 6.49. The summed E-state index contributed by atoms with van der Waals surface area (Å²) in [5.41, 5.74) is -0.640. The minimum Gasteiger partial charge on any atom is -0.465 e. The molecule has 0 saturated carbocycles. The molecule has 2 amide bonds. The molecule has 2 fully saturated rings. The Morgan fingerprint density at radius 2 is 2.00 bits per heavy atom. The second-order valence-electron chi connectivity index (χ2n) is 5.36. The highest BCUT2D eigenvalue weighted by atomic mass is 16.6. The van der Waals surface area contributed by atoms with Crippen molar-refractivity contribution in [3.8, 4) is 0 Å². The highest BCUT2D eigenvalue weighted by Gasteiger charge is 2.52. The molecule has 7 heteroatoms. The van der Waals surface area contributed by atoms with Crippen molar-refractivity contribution in [1.82, 2.24) is 9.80 Å². The second-order valence-corrected chi connectivity index (χ2v) is 5.36. The average molecular weight is 272 g/mol. The summed E-state index contributed by atoms with van der Waals surface area (Å²) in [4.78, 5) is 25.7. The van der Waals surface area contributed by atoms with Gasteiger partial charge < -0.3 is 24.7 Å². The molecule has 0 aromatic rings. The molecule has 2 saturated heterocycles. The minimum absolute atomic E-state index is 0.358. The lowest BCUT2D eigenvalue weighted by atomic mass is 9.88. The Balaban J connectivity index is 2.13. The maximum absolute atomic E-state index is 11.9. The molecule has 2 aliphatic heterocycles. The molecule has 1 unspecified atom stereocenters. The molecule has 1 atom stereocenters. The summed E-state index contributed by atoms with van der Waals surface area (Å²) >= 11 is 0. The fourth-order valence-corrected chi connectivity index (χ4v) is 2.83. The number of carboxylic acid groups (broad SMARTS) is 1. The zero-order valence-electron chi connectivity index (χ0n) is 11.3. The van der Waals surface area contributed by atoms with Gasteiger partial charge in [0.1, 0.15) is 0 Å². The topological polar surface area (TPSA) is 90.3 Å². The molecule has 0 bridgehead atoms. The predicted molar refractivity (Wildman–Crippen MR) is 65.5 cm³/mol. The number of likely N-dealkylation sites (tertiary alicyclic amines) is 1. The highest BCUT2D eigenvalue weighted by Crippen LogP contribution is 2.36. The van der Waals surface area contributed by atoms with E-state index in [1.807, 2.05) is 6.92 Å². The van der Waals surface area contributed by atoms with Crippen molar-refractivity contribution >= 4 is 12.0 Å². The number of aliphatic hydroxyl groups is 1. The normalized spacial score (nSPS) is 30.8. The molecular formula is C12H20N2O5. The van der Waals surface area contributed by atoms with Gasteiger partial charge in [0.25, 0.3) is 5.91 Å². The number of morpholine rings is 1. The van der Waals surface area contributed by atoms with Crippen molar-refractivity contribution in [3.05, 3.63) is 0 Å². The van der Waals surface area contributed by atoms with Gasteiger partial charge in [0.2, 0.25) is 5.79 Å². The number of carbonyl (C=O) groups excluding carboxylic acids is 1. The Kier molecular flexibility index (Phi) is 3.44. The molecule has 2 rings (SSSR count). The number of hydrogen-bond donors (Lipinski definition) is 2. The van der Waals surface area contributed by atoms with Crippen molar-refractivity contribution in [2.24, 2.45) is 0 Å². The van der Waals surface area contributed by atoms with Gasteiger partial charge in [0.05, 0.1) is 12.1 Å². The molecule has 1 spiro atoms. The van der Waals surface area contributed by atoms with Crippen LogP contribution in [-0.4, -0.2) is 69.6 Å². The number of piperidine rings is 1. The first kappa shape index (κ1) is 14.1. The summed E-state index contributed by atoms with van der Waals surface area (Å²) in [6.07, 6.45) is 0.0270. The number of hydrogen-bond acceptors (Lipinski definition) is 4. The number of rotatable bonds is 1. The maximum Gasteiger partial charge on any atom is 0.407 e. The van der Waals surface area contributed by atoms with Crippen molar-refractivity contribution in [2.45, 2.75) is 38.1 Å². The Morgan fingerprint density at radius 3 is 2.47 bits per heavy atom. The third-order valence-electron chi connectivity index (χ3n) is 3.91. The van der Waals surface area contributed by atoms with E-state index >= 15 is 0 Å². The second kappa shape index (κ2) is 4.64. The minimum atomic E-state index is -1.82. The number of carbonyl (C=O) groups is 2. The van der Waals surface area contributed by atoms with Gasteiger partial charge >= 0.3 is 6.09 Å². The molecule has 2 heterocycles. The van der Waals surface area contributed by atoms with E-state index in [0.29, 0.717) is 39.0 Å². The van der Waals surface area contributed by atoms with Gasteiger partial charge in [-0.25, -0.2) is 4.79 Å². The van der Waals surface area contributed by atoms with Crippen LogP contribution in [0.25, 0.3) is 0 Å². The molecule has 0 aromatic heterocycles. The van der Waals surface area contributed by atoms with Gasteiger partial charge in [-0.1, -0.05) is 0 Å². The predicted octanol–water partition coefficient (Wildman–Crippen LogP) is 0.0862. The molecule has 108 valence electrons. The van der Waals surface area contributed by atoms with Crippen LogP contribution in [0, 0.1) is 0 Å². The molecule has 0 aliphatic carbocycles. The lowest BCUT2D eigenvalue weighted by Gasteiger charge is -2.50. The van der Waals surface area contributed by atoms with Gasteiger partial charge in [-0.05, 0) is 26.7 Å². The maximum atomic E-state index is 11.9. The van der Waals surface area contributed by atoms with Crippen LogP contribution in [0.5, 0.6) is 0 Å². The standard InChI is InChI=1S/C12H20N2O5/c1-3-13-8-12(19-11(2,18)9(13)15)4-6-14(7-5-12)10(16)17/h18H,3-8H2,1-2H3,(H,16,17). The SMILES string of the molecule is CCN1CC2(CCN(C(=O)O)CC2)OC(C)(O)C1=O. The van der Waals surface area contributed by atoms with Crippen LogP contribution in [0.3, 0.4) is 0 Å². The summed E-state index contributed by atoms with van der Waals surface area (Å²) in [6, 6.07) is 0. The fourth-order valence-electron chi connectivity index (χ4n) is 2.83. The number of nitrogens with zero attached hydrogens (tertiary/aromatic N) is 2. The molecule has 2 N–H and O–H groups in total. The zero-order chi connectivity index (χ0) is 14.3. The number of likely N-dealkylation sites (N-methyl/N-ethyl adjacent to an activating group) is 1. The molecule has 2 aliphatic rings. The van der Waals surface area contributed by atoms with E-state index in [0.717, 1.165) is 0 Å². The van der Waals surface area contributed by atoms with E-state index < -0.39 is 23.4 Å². The van der Waals surface area contributed by atoms with Crippen LogP contribution in [0.4, 0.5) is 4.79 Å². The van der Waals surface area contributed by atoms with Crippen LogP contribution in [0.1, 0.15) is 26.7 Å². The van der Waals surface area contributed by atoms with E-state index in [1.54, 1.807) is 4.90 Å².